The summed E-state index contributed by atoms with van der Waals surface area (Å²) in [6.07, 6.45) is 3.63. The summed E-state index contributed by atoms with van der Waals surface area (Å²) in [5, 5.41) is 2.84. The lowest BCUT2D eigenvalue weighted by molar-refractivity contribution is -0.124. The largest absolute Gasteiger partial charge is 0.310 e. The van der Waals surface area contributed by atoms with E-state index in [1.54, 1.807) is 6.20 Å². The quantitative estimate of drug-likeness (QED) is 0.847. The van der Waals surface area contributed by atoms with Crippen LogP contribution in [0.15, 0.2) is 18.3 Å². The summed E-state index contributed by atoms with van der Waals surface area (Å²) < 4.78 is 0. The zero-order valence-electron chi connectivity index (χ0n) is 10.5. The van der Waals surface area contributed by atoms with Crippen molar-refractivity contribution in [3.63, 3.8) is 0 Å². The lowest BCUT2D eigenvalue weighted by Crippen LogP contribution is -2.30. The van der Waals surface area contributed by atoms with Gasteiger partial charge in [0.15, 0.2) is 0 Å². The topological polar surface area (TPSA) is 42.0 Å². The maximum absolute atomic E-state index is 12.0. The number of pyridine rings is 1. The molecule has 3 heteroatoms. The maximum atomic E-state index is 12.0. The molecule has 0 unspecified atom stereocenters. The number of hydrogen-bond acceptors (Lipinski definition) is 2. The van der Waals surface area contributed by atoms with Crippen LogP contribution in [0.4, 0.5) is 5.82 Å². The number of anilines is 1. The molecule has 88 valence electrons. The van der Waals surface area contributed by atoms with Gasteiger partial charge in [-0.25, -0.2) is 4.98 Å². The van der Waals surface area contributed by atoms with Crippen molar-refractivity contribution in [3.8, 4) is 0 Å². The Labute approximate surface area is 97.3 Å². The van der Waals surface area contributed by atoms with Gasteiger partial charge in [0.1, 0.15) is 5.82 Å². The fourth-order valence-corrected chi connectivity index (χ4v) is 1.57. The van der Waals surface area contributed by atoms with Crippen molar-refractivity contribution >= 4 is 11.7 Å². The highest BCUT2D eigenvalue weighted by molar-refractivity contribution is 5.93. The van der Waals surface area contributed by atoms with Crippen LogP contribution in [-0.2, 0) is 4.79 Å². The first kappa shape index (κ1) is 12.7. The zero-order chi connectivity index (χ0) is 12.2. The van der Waals surface area contributed by atoms with Crippen LogP contribution in [0.25, 0.3) is 0 Å². The molecule has 0 saturated carbocycles. The number of aryl methyl sites for hydroxylation is 1. The lowest BCUT2D eigenvalue weighted by atomic mass is 9.87. The second-order valence-electron chi connectivity index (χ2n) is 4.81. The average Bonchev–Trinajstić information content (AvgIpc) is 2.21. The monoisotopic (exact) mass is 220 g/mol. The Morgan fingerprint density at radius 1 is 1.44 bits per heavy atom. The van der Waals surface area contributed by atoms with E-state index in [9.17, 15) is 4.79 Å². The molecular weight excluding hydrogens is 200 g/mol. The highest BCUT2D eigenvalue weighted by Crippen LogP contribution is 2.23. The molecule has 3 nitrogen and oxygen atoms in total. The highest BCUT2D eigenvalue weighted by Gasteiger charge is 2.26. The molecule has 1 aromatic rings. The number of carbonyl (C=O) groups excluding carboxylic acids is 1. The summed E-state index contributed by atoms with van der Waals surface area (Å²) in [5.74, 6) is 0.658. The Bertz CT molecular complexity index is 355. The minimum atomic E-state index is -0.332. The summed E-state index contributed by atoms with van der Waals surface area (Å²) in [4.78, 5) is 16.1. The standard InChI is InChI=1S/C13H20N2O/c1-5-8-13(3,4)12(16)15-11-7-6-10(2)9-14-11/h6-7,9H,5,8H2,1-4H3,(H,14,15,16). The van der Waals surface area contributed by atoms with Crippen LogP contribution in [0, 0.1) is 12.3 Å². The second-order valence-corrected chi connectivity index (χ2v) is 4.81. The molecule has 1 heterocycles. The van der Waals surface area contributed by atoms with Crippen LogP contribution in [-0.4, -0.2) is 10.9 Å². The first-order valence-corrected chi connectivity index (χ1v) is 5.70. The molecule has 0 bridgehead atoms. The third-order valence-electron chi connectivity index (χ3n) is 2.64. The minimum Gasteiger partial charge on any atom is -0.310 e. The molecule has 0 aliphatic carbocycles. The van der Waals surface area contributed by atoms with Crippen LogP contribution in [0.5, 0.6) is 0 Å². The molecule has 1 N–H and O–H groups in total. The molecule has 0 aliphatic rings. The van der Waals surface area contributed by atoms with Gasteiger partial charge in [0.2, 0.25) is 5.91 Å². The number of amides is 1. The maximum Gasteiger partial charge on any atom is 0.231 e. The van der Waals surface area contributed by atoms with E-state index < -0.39 is 0 Å². The predicted molar refractivity (Wildman–Crippen MR) is 66.3 cm³/mol. The van der Waals surface area contributed by atoms with Gasteiger partial charge in [0, 0.05) is 11.6 Å². The summed E-state index contributed by atoms with van der Waals surface area (Å²) in [6.45, 7) is 7.97. The van der Waals surface area contributed by atoms with Crippen LogP contribution in [0.3, 0.4) is 0 Å². The predicted octanol–water partition coefficient (Wildman–Crippen LogP) is 3.15. The molecule has 1 rings (SSSR count). The Kier molecular flexibility index (Phi) is 4.05. The molecule has 16 heavy (non-hydrogen) atoms. The van der Waals surface area contributed by atoms with E-state index in [-0.39, 0.29) is 11.3 Å². The van der Waals surface area contributed by atoms with Crippen molar-refractivity contribution in [2.24, 2.45) is 5.41 Å². The van der Waals surface area contributed by atoms with Crippen molar-refractivity contribution < 1.29 is 4.79 Å². The van der Waals surface area contributed by atoms with E-state index >= 15 is 0 Å². The van der Waals surface area contributed by atoms with E-state index in [1.165, 1.54) is 0 Å². The molecule has 0 radical (unpaired) electrons. The fourth-order valence-electron chi connectivity index (χ4n) is 1.57. The summed E-state index contributed by atoms with van der Waals surface area (Å²) in [7, 11) is 0. The second kappa shape index (κ2) is 5.10. The van der Waals surface area contributed by atoms with Gasteiger partial charge < -0.3 is 5.32 Å². The number of carbonyl (C=O) groups is 1. The van der Waals surface area contributed by atoms with E-state index in [0.29, 0.717) is 5.82 Å². The van der Waals surface area contributed by atoms with Gasteiger partial charge in [-0.1, -0.05) is 33.3 Å². The van der Waals surface area contributed by atoms with Gasteiger partial charge >= 0.3 is 0 Å². The van der Waals surface area contributed by atoms with E-state index in [2.05, 4.69) is 17.2 Å². The normalized spacial score (nSPS) is 11.2. The zero-order valence-corrected chi connectivity index (χ0v) is 10.5. The first-order valence-electron chi connectivity index (χ1n) is 5.70. The smallest absolute Gasteiger partial charge is 0.231 e. The van der Waals surface area contributed by atoms with Crippen LogP contribution in [0.1, 0.15) is 39.2 Å². The number of aromatic nitrogens is 1. The first-order chi connectivity index (χ1) is 7.45. The van der Waals surface area contributed by atoms with Crippen molar-refractivity contribution in [3.05, 3.63) is 23.9 Å². The minimum absolute atomic E-state index is 0.0331. The SMILES string of the molecule is CCCC(C)(C)C(=O)Nc1ccc(C)cn1. The van der Waals surface area contributed by atoms with Gasteiger partial charge in [0.25, 0.3) is 0 Å². The van der Waals surface area contributed by atoms with Gasteiger partial charge in [-0.15, -0.1) is 0 Å². The molecule has 0 atom stereocenters. The third-order valence-corrected chi connectivity index (χ3v) is 2.64. The Morgan fingerprint density at radius 3 is 2.62 bits per heavy atom. The van der Waals surface area contributed by atoms with Gasteiger partial charge in [-0.3, -0.25) is 4.79 Å². The molecule has 0 aromatic carbocycles. The van der Waals surface area contributed by atoms with Crippen molar-refractivity contribution in [2.45, 2.75) is 40.5 Å². The number of nitrogens with one attached hydrogen (secondary N) is 1. The van der Waals surface area contributed by atoms with Gasteiger partial charge in [-0.05, 0) is 25.0 Å². The Hall–Kier alpha value is -1.38. The molecule has 0 aliphatic heterocycles. The fraction of sp³-hybridized carbons (Fsp3) is 0.538. The van der Waals surface area contributed by atoms with Crippen LogP contribution in [0.2, 0.25) is 0 Å². The third kappa shape index (κ3) is 3.33. The number of rotatable bonds is 4. The van der Waals surface area contributed by atoms with Gasteiger partial charge in [-0.2, -0.15) is 0 Å². The summed E-state index contributed by atoms with van der Waals surface area (Å²) in [5.41, 5.74) is 0.757. The van der Waals surface area contributed by atoms with Crippen molar-refractivity contribution in [1.29, 1.82) is 0 Å². The molecule has 1 aromatic heterocycles. The van der Waals surface area contributed by atoms with Crippen molar-refractivity contribution in [2.75, 3.05) is 5.32 Å². The lowest BCUT2D eigenvalue weighted by Gasteiger charge is -2.22. The number of nitrogens with zero attached hydrogens (tertiary/aromatic N) is 1. The molecular formula is C13H20N2O. The summed E-state index contributed by atoms with van der Waals surface area (Å²) in [6, 6.07) is 3.77. The molecule has 1 amide bonds. The highest BCUT2D eigenvalue weighted by atomic mass is 16.2. The van der Waals surface area contributed by atoms with E-state index in [4.69, 9.17) is 0 Å². The molecule has 0 saturated heterocycles. The summed E-state index contributed by atoms with van der Waals surface area (Å²) >= 11 is 0. The molecule has 0 fully saturated rings. The van der Waals surface area contributed by atoms with Gasteiger partial charge in [0.05, 0.1) is 0 Å². The van der Waals surface area contributed by atoms with Crippen LogP contribution >= 0.6 is 0 Å². The van der Waals surface area contributed by atoms with E-state index in [0.717, 1.165) is 18.4 Å². The number of hydrogen-bond donors (Lipinski definition) is 1. The van der Waals surface area contributed by atoms with Crippen molar-refractivity contribution in [1.82, 2.24) is 4.98 Å². The Balaban J connectivity index is 2.67. The van der Waals surface area contributed by atoms with Crippen LogP contribution < -0.4 is 5.32 Å². The molecule has 0 spiro atoms. The average molecular weight is 220 g/mol. The Morgan fingerprint density at radius 2 is 2.12 bits per heavy atom. The van der Waals surface area contributed by atoms with E-state index in [1.807, 2.05) is 32.9 Å².